The van der Waals surface area contributed by atoms with Gasteiger partial charge in [0.05, 0.1) is 5.56 Å². The van der Waals surface area contributed by atoms with Gasteiger partial charge in [-0.2, -0.15) is 26.3 Å². The van der Waals surface area contributed by atoms with E-state index in [2.05, 4.69) is 20.9 Å². The highest BCUT2D eigenvalue weighted by Gasteiger charge is 2.34. The third kappa shape index (κ3) is 6.11. The summed E-state index contributed by atoms with van der Waals surface area (Å²) in [6, 6.07) is 2.73. The number of aromatic nitrogens is 1. The third-order valence-electron chi connectivity index (χ3n) is 3.19. The van der Waals surface area contributed by atoms with E-state index in [1.165, 1.54) is 0 Å². The number of rotatable bonds is 5. The van der Waals surface area contributed by atoms with Crippen molar-refractivity contribution in [3.8, 4) is 0 Å². The summed E-state index contributed by atoms with van der Waals surface area (Å²) in [7, 11) is 0. The van der Waals surface area contributed by atoms with Gasteiger partial charge in [0, 0.05) is 24.0 Å². The minimum Gasteiger partial charge on any atom is -0.350 e. The zero-order chi connectivity index (χ0) is 20.9. The van der Waals surface area contributed by atoms with E-state index in [-0.39, 0.29) is 23.8 Å². The molecule has 2 aromatic rings. The summed E-state index contributed by atoms with van der Waals surface area (Å²) in [4.78, 5) is 26.6. The lowest BCUT2D eigenvalue weighted by Crippen LogP contribution is -2.36. The first kappa shape index (κ1) is 21.5. The Morgan fingerprint density at radius 3 is 2.07 bits per heavy atom. The van der Waals surface area contributed by atoms with Crippen molar-refractivity contribution in [2.45, 2.75) is 12.4 Å². The second-order valence-electron chi connectivity index (χ2n) is 5.25. The van der Waals surface area contributed by atoms with Crippen LogP contribution in [0.3, 0.4) is 0 Å². The van der Waals surface area contributed by atoms with Crippen LogP contribution in [0.4, 0.5) is 36.3 Å². The molecule has 152 valence electrons. The molecule has 2 rings (SSSR count). The molecule has 0 saturated carbocycles. The Kier molecular flexibility index (Phi) is 6.48. The minimum absolute atomic E-state index is 0.0000767. The van der Waals surface area contributed by atoms with Crippen LogP contribution in [0.5, 0.6) is 0 Å². The van der Waals surface area contributed by atoms with E-state index in [4.69, 9.17) is 0 Å². The zero-order valence-corrected chi connectivity index (χ0v) is 14.6. The molecule has 0 unspecified atom stereocenters. The first-order valence-corrected chi connectivity index (χ1v) is 8.38. The molecule has 0 aliphatic carbocycles. The molecule has 3 amide bonds. The van der Waals surface area contributed by atoms with E-state index in [0.717, 1.165) is 29.6 Å². The lowest BCUT2D eigenvalue weighted by Gasteiger charge is -2.09. The van der Waals surface area contributed by atoms with Crippen LogP contribution in [0.1, 0.15) is 21.6 Å². The smallest absolute Gasteiger partial charge is 0.350 e. The Morgan fingerprint density at radius 1 is 0.929 bits per heavy atom. The van der Waals surface area contributed by atoms with Crippen molar-refractivity contribution < 1.29 is 35.9 Å². The first-order chi connectivity index (χ1) is 13.0. The quantitative estimate of drug-likeness (QED) is 0.503. The van der Waals surface area contributed by atoms with Gasteiger partial charge < -0.3 is 10.6 Å². The Bertz CT molecular complexity index is 832. The predicted molar refractivity (Wildman–Crippen MR) is 87.9 cm³/mol. The molecule has 0 atom stereocenters. The van der Waals surface area contributed by atoms with Crippen LogP contribution >= 0.6 is 11.3 Å². The van der Waals surface area contributed by atoms with Gasteiger partial charge in [0.1, 0.15) is 0 Å². The number of urea groups is 1. The fourth-order valence-electron chi connectivity index (χ4n) is 1.87. The molecule has 3 N–H and O–H groups in total. The van der Waals surface area contributed by atoms with Crippen LogP contribution in [-0.2, 0) is 12.4 Å². The SMILES string of the molecule is O=C(NCCNC(=O)c1ccc(C(F)(F)F)cc1)Nc1nc(C(F)(F)F)cs1. The summed E-state index contributed by atoms with van der Waals surface area (Å²) in [5, 5.41) is 7.27. The number of halogens is 6. The Hall–Kier alpha value is -2.83. The number of nitrogens with zero attached hydrogens (tertiary/aromatic N) is 1. The van der Waals surface area contributed by atoms with Gasteiger partial charge in [0.25, 0.3) is 5.91 Å². The second-order valence-corrected chi connectivity index (χ2v) is 6.11. The summed E-state index contributed by atoms with van der Waals surface area (Å²) in [5.74, 6) is -0.648. The molecule has 1 heterocycles. The maximum absolute atomic E-state index is 12.5. The van der Waals surface area contributed by atoms with Gasteiger partial charge in [-0.05, 0) is 24.3 Å². The van der Waals surface area contributed by atoms with Crippen molar-refractivity contribution >= 4 is 28.4 Å². The van der Waals surface area contributed by atoms with E-state index in [1.54, 1.807) is 0 Å². The number of alkyl halides is 6. The van der Waals surface area contributed by atoms with Crippen molar-refractivity contribution in [2.75, 3.05) is 18.4 Å². The largest absolute Gasteiger partial charge is 0.434 e. The Balaban J connectivity index is 1.74. The van der Waals surface area contributed by atoms with E-state index in [9.17, 15) is 35.9 Å². The molecule has 0 bridgehead atoms. The molecule has 0 fully saturated rings. The van der Waals surface area contributed by atoms with E-state index < -0.39 is 35.5 Å². The van der Waals surface area contributed by atoms with Gasteiger partial charge in [-0.3, -0.25) is 10.1 Å². The van der Waals surface area contributed by atoms with Gasteiger partial charge in [0.2, 0.25) is 0 Å². The highest BCUT2D eigenvalue weighted by Crippen LogP contribution is 2.31. The van der Waals surface area contributed by atoms with Gasteiger partial charge >= 0.3 is 18.4 Å². The van der Waals surface area contributed by atoms with E-state index in [0.29, 0.717) is 11.3 Å². The number of carbonyl (C=O) groups is 2. The predicted octanol–water partition coefficient (Wildman–Crippen LogP) is 3.73. The molecule has 0 aliphatic rings. The van der Waals surface area contributed by atoms with E-state index in [1.807, 2.05) is 0 Å². The van der Waals surface area contributed by atoms with Crippen LogP contribution in [0.25, 0.3) is 0 Å². The molecule has 1 aromatic carbocycles. The maximum Gasteiger partial charge on any atom is 0.434 e. The molecule has 0 saturated heterocycles. The molecule has 13 heteroatoms. The monoisotopic (exact) mass is 426 g/mol. The van der Waals surface area contributed by atoms with Gasteiger partial charge in [-0.15, -0.1) is 11.3 Å². The topological polar surface area (TPSA) is 83.1 Å². The number of hydrogen-bond donors (Lipinski definition) is 3. The van der Waals surface area contributed by atoms with Crippen LogP contribution in [0, 0.1) is 0 Å². The molecule has 0 aliphatic heterocycles. The number of thiazole rings is 1. The highest BCUT2D eigenvalue weighted by atomic mass is 32.1. The first-order valence-electron chi connectivity index (χ1n) is 7.50. The summed E-state index contributed by atoms with van der Waals surface area (Å²) in [6.45, 7) is -0.130. The standard InChI is InChI=1S/C15H12F6N4O2S/c16-14(17,18)9-3-1-8(2-4-9)11(26)22-5-6-23-12(27)25-13-24-10(7-28-13)15(19,20)21/h1-4,7H,5-6H2,(H,22,26)(H2,23,24,25,27). The van der Waals surface area contributed by atoms with Crippen LogP contribution in [-0.4, -0.2) is 30.0 Å². The fourth-order valence-corrected chi connectivity index (χ4v) is 2.58. The van der Waals surface area contributed by atoms with Crippen molar-refractivity contribution in [3.05, 3.63) is 46.5 Å². The van der Waals surface area contributed by atoms with Crippen molar-refractivity contribution in [2.24, 2.45) is 0 Å². The van der Waals surface area contributed by atoms with Crippen molar-refractivity contribution in [1.29, 1.82) is 0 Å². The summed E-state index contributed by atoms with van der Waals surface area (Å²) in [6.07, 6.45) is -9.12. The van der Waals surface area contributed by atoms with E-state index >= 15 is 0 Å². The average molecular weight is 426 g/mol. The number of hydrogen-bond acceptors (Lipinski definition) is 4. The maximum atomic E-state index is 12.5. The number of anilines is 1. The minimum atomic E-state index is -4.62. The summed E-state index contributed by atoms with van der Waals surface area (Å²) >= 11 is 0.596. The molecular formula is C15H12F6N4O2S. The molecular weight excluding hydrogens is 414 g/mol. The Morgan fingerprint density at radius 2 is 1.54 bits per heavy atom. The molecule has 0 radical (unpaired) electrons. The van der Waals surface area contributed by atoms with Crippen LogP contribution in [0.2, 0.25) is 0 Å². The van der Waals surface area contributed by atoms with Gasteiger partial charge in [-0.25, -0.2) is 9.78 Å². The summed E-state index contributed by atoms with van der Waals surface area (Å²) in [5.41, 5.74) is -2.02. The van der Waals surface area contributed by atoms with Crippen LogP contribution in [0.15, 0.2) is 29.6 Å². The fraction of sp³-hybridized carbons (Fsp3) is 0.267. The molecule has 6 nitrogen and oxygen atoms in total. The number of benzene rings is 1. The lowest BCUT2D eigenvalue weighted by atomic mass is 10.1. The normalized spacial score (nSPS) is 11.8. The Labute approximate surface area is 158 Å². The zero-order valence-electron chi connectivity index (χ0n) is 13.7. The summed E-state index contributed by atoms with van der Waals surface area (Å²) < 4.78 is 74.6. The highest BCUT2D eigenvalue weighted by molar-refractivity contribution is 7.13. The van der Waals surface area contributed by atoms with Gasteiger partial charge in [-0.1, -0.05) is 0 Å². The molecule has 1 aromatic heterocycles. The molecule has 28 heavy (non-hydrogen) atoms. The number of nitrogens with one attached hydrogen (secondary N) is 3. The van der Waals surface area contributed by atoms with Crippen LogP contribution < -0.4 is 16.0 Å². The van der Waals surface area contributed by atoms with Gasteiger partial charge in [0.15, 0.2) is 10.8 Å². The van der Waals surface area contributed by atoms with Crippen molar-refractivity contribution in [3.63, 3.8) is 0 Å². The second kappa shape index (κ2) is 8.46. The molecule has 0 spiro atoms. The lowest BCUT2D eigenvalue weighted by molar-refractivity contribution is -0.140. The number of amides is 3. The third-order valence-corrected chi connectivity index (χ3v) is 3.94. The average Bonchev–Trinajstić information content (AvgIpc) is 3.06. The number of carbonyl (C=O) groups excluding carboxylic acids is 2. The van der Waals surface area contributed by atoms with Crippen molar-refractivity contribution in [1.82, 2.24) is 15.6 Å².